The van der Waals surface area contributed by atoms with Crippen molar-refractivity contribution in [3.8, 4) is 11.4 Å². The van der Waals surface area contributed by atoms with Gasteiger partial charge in [-0.25, -0.2) is 14.3 Å². The van der Waals surface area contributed by atoms with E-state index in [2.05, 4.69) is 22.0 Å². The van der Waals surface area contributed by atoms with Crippen LogP contribution >= 0.6 is 0 Å². The Bertz CT molecular complexity index is 1090. The maximum absolute atomic E-state index is 12.5. The van der Waals surface area contributed by atoms with Crippen LogP contribution in [0.15, 0.2) is 41.6 Å². The van der Waals surface area contributed by atoms with Gasteiger partial charge in [0.2, 0.25) is 0 Å². The fourth-order valence-electron chi connectivity index (χ4n) is 2.95. The van der Waals surface area contributed by atoms with Gasteiger partial charge in [-0.05, 0) is 31.0 Å². The van der Waals surface area contributed by atoms with E-state index in [1.165, 1.54) is 0 Å². The lowest BCUT2D eigenvalue weighted by Crippen LogP contribution is -2.15. The number of nitrogens with zero attached hydrogens (tertiary/aromatic N) is 4. The minimum Gasteiger partial charge on any atom is -0.491 e. The molecule has 0 aliphatic heterocycles. The zero-order chi connectivity index (χ0) is 16.7. The molecule has 0 unspecified atom stereocenters. The van der Waals surface area contributed by atoms with E-state index in [-0.39, 0.29) is 5.69 Å². The number of H-pyrrole nitrogens is 1. The Kier molecular flexibility index (Phi) is 3.34. The topological polar surface area (TPSA) is 77.2 Å². The van der Waals surface area contributed by atoms with E-state index in [1.54, 1.807) is 16.8 Å². The van der Waals surface area contributed by atoms with Gasteiger partial charge in [-0.2, -0.15) is 5.10 Å². The molecule has 24 heavy (non-hydrogen) atoms. The van der Waals surface area contributed by atoms with E-state index in [1.807, 2.05) is 36.0 Å². The summed E-state index contributed by atoms with van der Waals surface area (Å²) in [7, 11) is 0. The van der Waals surface area contributed by atoms with Gasteiger partial charge in [0.05, 0.1) is 24.0 Å². The number of ether oxygens (including phenoxy) is 1. The fraction of sp³-hybridized carbons (Fsp3) is 0.235. The van der Waals surface area contributed by atoms with Crippen LogP contribution in [0.2, 0.25) is 0 Å². The zero-order valence-electron chi connectivity index (χ0n) is 13.5. The third kappa shape index (κ3) is 2.09. The van der Waals surface area contributed by atoms with Gasteiger partial charge in [-0.1, -0.05) is 6.92 Å². The van der Waals surface area contributed by atoms with Crippen LogP contribution in [0.4, 0.5) is 0 Å². The summed E-state index contributed by atoms with van der Waals surface area (Å²) in [5.74, 6) is 0.630. The van der Waals surface area contributed by atoms with Crippen molar-refractivity contribution in [2.45, 2.75) is 20.3 Å². The minimum absolute atomic E-state index is 0.244. The molecule has 0 saturated heterocycles. The van der Waals surface area contributed by atoms with Crippen LogP contribution in [0.25, 0.3) is 22.4 Å². The van der Waals surface area contributed by atoms with Gasteiger partial charge in [0.1, 0.15) is 11.3 Å². The van der Waals surface area contributed by atoms with Gasteiger partial charge in [0.25, 0.3) is 0 Å². The van der Waals surface area contributed by atoms with E-state index < -0.39 is 0 Å². The maximum Gasteiger partial charge on any atom is 0.332 e. The monoisotopic (exact) mass is 323 g/mol. The molecule has 4 aromatic heterocycles. The minimum atomic E-state index is -0.244. The molecule has 0 aromatic carbocycles. The van der Waals surface area contributed by atoms with Crippen molar-refractivity contribution in [2.75, 3.05) is 6.61 Å². The Hall–Kier alpha value is -3.09. The Morgan fingerprint density at radius 3 is 2.96 bits per heavy atom. The highest BCUT2D eigenvalue weighted by molar-refractivity contribution is 5.80. The molecule has 1 N–H and O–H groups in total. The van der Waals surface area contributed by atoms with E-state index in [4.69, 9.17) is 4.74 Å². The van der Waals surface area contributed by atoms with E-state index in [0.717, 1.165) is 23.2 Å². The number of aromatic nitrogens is 5. The largest absolute Gasteiger partial charge is 0.491 e. The van der Waals surface area contributed by atoms with Gasteiger partial charge >= 0.3 is 5.69 Å². The number of rotatable bonds is 4. The van der Waals surface area contributed by atoms with Gasteiger partial charge < -0.3 is 4.74 Å². The van der Waals surface area contributed by atoms with Crippen molar-refractivity contribution in [3.05, 3.63) is 52.8 Å². The van der Waals surface area contributed by atoms with Gasteiger partial charge in [-0.3, -0.25) is 9.55 Å². The van der Waals surface area contributed by atoms with Crippen LogP contribution in [-0.4, -0.2) is 30.8 Å². The van der Waals surface area contributed by atoms with Crippen LogP contribution in [0, 0.1) is 0 Å². The first-order valence-corrected chi connectivity index (χ1v) is 7.92. The number of nitrogens with one attached hydrogen (secondary N) is 1. The summed E-state index contributed by atoms with van der Waals surface area (Å²) in [5.41, 5.74) is 3.78. The molecular weight excluding hydrogens is 306 g/mol. The number of aryl methyl sites for hydroxylation is 1. The summed E-state index contributed by atoms with van der Waals surface area (Å²) in [4.78, 5) is 19.5. The Morgan fingerprint density at radius 2 is 2.17 bits per heavy atom. The highest BCUT2D eigenvalue weighted by atomic mass is 16.5. The molecule has 7 nitrogen and oxygen atoms in total. The summed E-state index contributed by atoms with van der Waals surface area (Å²) < 4.78 is 9.08. The van der Waals surface area contributed by atoms with Crippen molar-refractivity contribution in [3.63, 3.8) is 0 Å². The molecule has 4 aromatic rings. The first kappa shape index (κ1) is 14.5. The lowest BCUT2D eigenvalue weighted by atomic mass is 10.2. The lowest BCUT2D eigenvalue weighted by Gasteiger charge is -2.09. The average molecular weight is 323 g/mol. The highest BCUT2D eigenvalue weighted by Gasteiger charge is 2.15. The van der Waals surface area contributed by atoms with Crippen LogP contribution < -0.4 is 10.4 Å². The molecule has 4 rings (SSSR count). The van der Waals surface area contributed by atoms with Gasteiger partial charge in [0, 0.05) is 18.5 Å². The van der Waals surface area contributed by atoms with Crippen LogP contribution in [-0.2, 0) is 6.42 Å². The molecule has 0 atom stereocenters. The highest BCUT2D eigenvalue weighted by Crippen LogP contribution is 2.25. The van der Waals surface area contributed by atoms with Crippen LogP contribution in [0.1, 0.15) is 19.4 Å². The average Bonchev–Trinajstić information content (AvgIpc) is 3.14. The third-order valence-electron chi connectivity index (χ3n) is 4.06. The lowest BCUT2D eigenvalue weighted by molar-refractivity contribution is 0.343. The number of pyridine rings is 2. The Labute approximate surface area is 137 Å². The maximum atomic E-state index is 12.5. The molecule has 0 aliphatic carbocycles. The third-order valence-corrected chi connectivity index (χ3v) is 4.06. The fourth-order valence-corrected chi connectivity index (χ4v) is 2.95. The summed E-state index contributed by atoms with van der Waals surface area (Å²) in [6.07, 6.45) is 6.21. The van der Waals surface area contributed by atoms with Gasteiger partial charge in [0.15, 0.2) is 5.65 Å². The number of imidazole rings is 1. The van der Waals surface area contributed by atoms with Crippen LogP contribution in [0.3, 0.4) is 0 Å². The molecule has 0 spiro atoms. The SMILES string of the molecule is CCOc1ccnc2[nH]c(=O)n(-c3ccn4ncc(CC)c4c3)c12. The molecule has 0 radical (unpaired) electrons. The molecule has 0 amide bonds. The second kappa shape index (κ2) is 5.52. The van der Waals surface area contributed by atoms with E-state index in [9.17, 15) is 4.79 Å². The summed E-state index contributed by atoms with van der Waals surface area (Å²) >= 11 is 0. The number of aromatic amines is 1. The standard InChI is InChI=1S/C17H17N5O2/c1-3-11-10-19-21-8-6-12(9-13(11)21)22-15-14(24-4-2)5-7-18-16(15)20-17(22)23/h5-10H,3-4H2,1-2H3,(H,18,20,23). The first-order valence-electron chi connectivity index (χ1n) is 7.92. The number of hydrogen-bond acceptors (Lipinski definition) is 4. The molecule has 0 aliphatic rings. The molecule has 0 fully saturated rings. The molecule has 0 saturated carbocycles. The van der Waals surface area contributed by atoms with Crippen molar-refractivity contribution in [2.24, 2.45) is 0 Å². The van der Waals surface area contributed by atoms with E-state index >= 15 is 0 Å². The molecule has 0 bridgehead atoms. The summed E-state index contributed by atoms with van der Waals surface area (Å²) in [5, 5.41) is 4.33. The normalized spacial score (nSPS) is 11.4. The smallest absolute Gasteiger partial charge is 0.332 e. The Morgan fingerprint density at radius 1 is 1.29 bits per heavy atom. The van der Waals surface area contributed by atoms with Crippen molar-refractivity contribution >= 4 is 16.7 Å². The van der Waals surface area contributed by atoms with Crippen molar-refractivity contribution in [1.82, 2.24) is 24.1 Å². The molecule has 7 heteroatoms. The second-order valence-electron chi connectivity index (χ2n) is 5.44. The predicted molar refractivity (Wildman–Crippen MR) is 91.0 cm³/mol. The molecule has 4 heterocycles. The quantitative estimate of drug-likeness (QED) is 0.625. The predicted octanol–water partition coefficient (Wildman–Crippen LogP) is 2.32. The number of hydrogen-bond donors (Lipinski definition) is 1. The van der Waals surface area contributed by atoms with Crippen molar-refractivity contribution in [1.29, 1.82) is 0 Å². The molecular formula is C17H17N5O2. The zero-order valence-corrected chi connectivity index (χ0v) is 13.5. The first-order chi connectivity index (χ1) is 11.7. The Balaban J connectivity index is 2.02. The van der Waals surface area contributed by atoms with Crippen molar-refractivity contribution < 1.29 is 4.74 Å². The summed E-state index contributed by atoms with van der Waals surface area (Å²) in [6.45, 7) is 4.51. The number of fused-ring (bicyclic) bond motifs is 2. The van der Waals surface area contributed by atoms with E-state index in [0.29, 0.717) is 23.5 Å². The molecule has 122 valence electrons. The van der Waals surface area contributed by atoms with Crippen LogP contribution in [0.5, 0.6) is 5.75 Å². The van der Waals surface area contributed by atoms with Gasteiger partial charge in [-0.15, -0.1) is 0 Å². The second-order valence-corrected chi connectivity index (χ2v) is 5.44. The summed E-state index contributed by atoms with van der Waals surface area (Å²) in [6, 6.07) is 5.59.